The lowest BCUT2D eigenvalue weighted by atomic mass is 10.0. The quantitative estimate of drug-likeness (QED) is 0.659. The maximum absolute atomic E-state index is 12.8. The van der Waals surface area contributed by atoms with Crippen molar-refractivity contribution in [2.45, 2.75) is 30.0 Å². The number of hydrogen-bond donors (Lipinski definition) is 1. The second-order valence-electron chi connectivity index (χ2n) is 3.74. The molecule has 0 aliphatic rings. The molecule has 0 aromatic heterocycles. The number of carboxylic acids is 1. The van der Waals surface area contributed by atoms with E-state index in [0.717, 1.165) is 0 Å². The molecule has 0 bridgehead atoms. The van der Waals surface area contributed by atoms with E-state index in [-0.39, 0.29) is 0 Å². The van der Waals surface area contributed by atoms with Gasteiger partial charge >= 0.3 is 42.0 Å². The summed E-state index contributed by atoms with van der Waals surface area (Å²) in [6, 6.07) is 0. The van der Waals surface area contributed by atoms with Gasteiger partial charge in [0.05, 0.1) is 0 Å². The van der Waals surface area contributed by atoms with Crippen molar-refractivity contribution in [1.29, 1.82) is 0 Å². The van der Waals surface area contributed by atoms with Crippen molar-refractivity contribution in [2.75, 3.05) is 0 Å². The molecule has 0 spiro atoms. The van der Waals surface area contributed by atoms with Crippen molar-refractivity contribution in [3.8, 4) is 0 Å². The summed E-state index contributed by atoms with van der Waals surface area (Å²) >= 11 is 0. The first-order valence-corrected chi connectivity index (χ1v) is 4.79. The number of halogens is 13. The van der Waals surface area contributed by atoms with Crippen LogP contribution in [0.3, 0.4) is 0 Å². The predicted molar refractivity (Wildman–Crippen MR) is 43.8 cm³/mol. The van der Waals surface area contributed by atoms with E-state index in [4.69, 9.17) is 5.11 Å². The Labute approximate surface area is 121 Å². The Kier molecular flexibility index (Phi) is 5.53. The molecule has 0 saturated heterocycles. The van der Waals surface area contributed by atoms with E-state index in [1.165, 1.54) is 4.74 Å². The number of hydrogen-bond acceptors (Lipinski definition) is 2. The zero-order valence-electron chi connectivity index (χ0n) is 10.2. The number of alkyl halides is 10. The number of aliphatic carboxylic acids is 1. The van der Waals surface area contributed by atoms with Gasteiger partial charge in [-0.2, -0.15) is 57.1 Å². The lowest BCUT2D eigenvalue weighted by Gasteiger charge is -2.35. The SMILES string of the molecule is O=C(O)C(F)(F)C(F)(F)C(F)(F)C(F)(F)OC(F)(F)C(F)=C(F)F. The van der Waals surface area contributed by atoms with Crippen LogP contribution in [0, 0.1) is 0 Å². The van der Waals surface area contributed by atoms with E-state index < -0.39 is 47.9 Å². The van der Waals surface area contributed by atoms with Crippen LogP contribution in [0.15, 0.2) is 11.9 Å². The molecule has 0 aromatic rings. The maximum atomic E-state index is 12.8. The summed E-state index contributed by atoms with van der Waals surface area (Å²) in [4.78, 5) is 9.76. The highest BCUT2D eigenvalue weighted by Crippen LogP contribution is 2.54. The van der Waals surface area contributed by atoms with Gasteiger partial charge in [-0.1, -0.05) is 0 Å². The van der Waals surface area contributed by atoms with Crippen molar-refractivity contribution in [1.82, 2.24) is 0 Å². The molecule has 0 aromatic carbocycles. The molecule has 0 aliphatic carbocycles. The van der Waals surface area contributed by atoms with Gasteiger partial charge in [-0.3, -0.25) is 0 Å². The van der Waals surface area contributed by atoms with Crippen molar-refractivity contribution in [3.63, 3.8) is 0 Å². The molecular formula is C8HF13O3. The average molecular weight is 392 g/mol. The van der Waals surface area contributed by atoms with E-state index >= 15 is 0 Å². The number of rotatable bonds is 7. The molecule has 3 nitrogen and oxygen atoms in total. The summed E-state index contributed by atoms with van der Waals surface area (Å²) < 4.78 is 163. The monoisotopic (exact) mass is 392 g/mol. The van der Waals surface area contributed by atoms with Crippen LogP contribution >= 0.6 is 0 Å². The standard InChI is InChI=1S/C8HF13O3/c9-1(2(10)11)5(14,15)24-8(20,21)7(18,19)6(16,17)4(12,13)3(22)23/h(H,22,23). The third-order valence-corrected chi connectivity index (χ3v) is 2.10. The van der Waals surface area contributed by atoms with Crippen LogP contribution in [0.5, 0.6) is 0 Å². The fourth-order valence-corrected chi connectivity index (χ4v) is 0.894. The van der Waals surface area contributed by atoms with E-state index in [1.54, 1.807) is 0 Å². The summed E-state index contributed by atoms with van der Waals surface area (Å²) in [5, 5.41) is 7.64. The van der Waals surface area contributed by atoms with Crippen LogP contribution in [0.4, 0.5) is 57.1 Å². The highest BCUT2D eigenvalue weighted by atomic mass is 19.4. The Morgan fingerprint density at radius 2 is 1.12 bits per heavy atom. The zero-order valence-corrected chi connectivity index (χ0v) is 10.2. The second kappa shape index (κ2) is 5.96. The predicted octanol–water partition coefficient (Wildman–Crippen LogP) is 4.26. The Hall–Kier alpha value is -1.74. The molecule has 0 aliphatic heterocycles. The van der Waals surface area contributed by atoms with Gasteiger partial charge in [-0.05, 0) is 0 Å². The summed E-state index contributed by atoms with van der Waals surface area (Å²) in [7, 11) is 0. The van der Waals surface area contributed by atoms with Gasteiger partial charge < -0.3 is 5.11 Å². The molecule has 0 saturated carbocycles. The van der Waals surface area contributed by atoms with Gasteiger partial charge in [0.2, 0.25) is 0 Å². The fraction of sp³-hybridized carbons (Fsp3) is 0.625. The lowest BCUT2D eigenvalue weighted by Crippen LogP contribution is -2.66. The van der Waals surface area contributed by atoms with Crippen molar-refractivity contribution in [3.05, 3.63) is 11.9 Å². The fourth-order valence-electron chi connectivity index (χ4n) is 0.894. The topological polar surface area (TPSA) is 46.5 Å². The summed E-state index contributed by atoms with van der Waals surface area (Å²) in [5.41, 5.74) is 0. The summed E-state index contributed by atoms with van der Waals surface area (Å²) in [6.45, 7) is 0. The molecule has 0 unspecified atom stereocenters. The molecular weight excluding hydrogens is 391 g/mol. The maximum Gasteiger partial charge on any atom is 0.430 e. The van der Waals surface area contributed by atoms with E-state index in [0.29, 0.717) is 0 Å². The highest BCUT2D eigenvalue weighted by molar-refractivity contribution is 5.77. The molecule has 16 heteroatoms. The van der Waals surface area contributed by atoms with E-state index in [9.17, 15) is 61.9 Å². The molecule has 1 N–H and O–H groups in total. The average Bonchev–Trinajstić information content (AvgIpc) is 2.35. The van der Waals surface area contributed by atoms with Crippen LogP contribution in [0.2, 0.25) is 0 Å². The Balaban J connectivity index is 6.02. The van der Waals surface area contributed by atoms with Gasteiger partial charge in [0, 0.05) is 0 Å². The third-order valence-electron chi connectivity index (χ3n) is 2.10. The van der Waals surface area contributed by atoms with E-state index in [2.05, 4.69) is 0 Å². The molecule has 0 fully saturated rings. The lowest BCUT2D eigenvalue weighted by molar-refractivity contribution is -0.465. The van der Waals surface area contributed by atoms with E-state index in [1.807, 2.05) is 0 Å². The van der Waals surface area contributed by atoms with Crippen molar-refractivity contribution < 1.29 is 71.7 Å². The molecule has 24 heavy (non-hydrogen) atoms. The summed E-state index contributed by atoms with van der Waals surface area (Å²) in [5.74, 6) is -30.4. The van der Waals surface area contributed by atoms with Crippen molar-refractivity contribution in [2.24, 2.45) is 0 Å². The van der Waals surface area contributed by atoms with Gasteiger partial charge in [0.1, 0.15) is 0 Å². The van der Waals surface area contributed by atoms with Crippen LogP contribution in [0.1, 0.15) is 0 Å². The third kappa shape index (κ3) is 3.36. The molecule has 0 heterocycles. The van der Waals surface area contributed by atoms with Gasteiger partial charge in [-0.25, -0.2) is 9.53 Å². The molecule has 142 valence electrons. The normalized spacial score (nSPS) is 14.5. The molecule has 0 atom stereocenters. The Morgan fingerprint density at radius 1 is 0.750 bits per heavy atom. The minimum Gasteiger partial charge on any atom is -0.477 e. The smallest absolute Gasteiger partial charge is 0.430 e. The first-order chi connectivity index (χ1) is 10.3. The van der Waals surface area contributed by atoms with Gasteiger partial charge in [0.25, 0.3) is 5.83 Å². The Morgan fingerprint density at radius 3 is 1.42 bits per heavy atom. The Bertz CT molecular complexity index is 533. The molecule has 0 radical (unpaired) electrons. The molecule has 0 amide bonds. The number of ether oxygens (including phenoxy) is 1. The zero-order chi connectivity index (χ0) is 19.9. The number of carbonyl (C=O) groups is 1. The minimum absolute atomic E-state index is 1.54. The van der Waals surface area contributed by atoms with Crippen LogP contribution < -0.4 is 0 Å². The molecule has 0 rings (SSSR count). The van der Waals surface area contributed by atoms with Crippen LogP contribution in [-0.2, 0) is 9.53 Å². The first kappa shape index (κ1) is 22.3. The van der Waals surface area contributed by atoms with Gasteiger partial charge in [-0.15, -0.1) is 0 Å². The van der Waals surface area contributed by atoms with Crippen LogP contribution in [-0.4, -0.2) is 41.1 Å². The minimum atomic E-state index is -7.70. The summed E-state index contributed by atoms with van der Waals surface area (Å²) in [6.07, 6.45) is -18.1. The number of carboxylic acid groups (broad SMARTS) is 1. The van der Waals surface area contributed by atoms with Gasteiger partial charge in [0.15, 0.2) is 0 Å². The van der Waals surface area contributed by atoms with Crippen molar-refractivity contribution >= 4 is 5.97 Å². The largest absolute Gasteiger partial charge is 0.477 e. The van der Waals surface area contributed by atoms with Crippen LogP contribution in [0.25, 0.3) is 0 Å². The second-order valence-corrected chi connectivity index (χ2v) is 3.74. The first-order valence-electron chi connectivity index (χ1n) is 4.79. The highest BCUT2D eigenvalue weighted by Gasteiger charge is 2.85.